The first kappa shape index (κ1) is 15.6. The molecule has 0 aliphatic heterocycles. The second-order valence-electron chi connectivity index (χ2n) is 6.25. The molecular weight excluding hydrogens is 284 g/mol. The molecule has 0 heterocycles. The van der Waals surface area contributed by atoms with Crippen LogP contribution >= 0.6 is 0 Å². The summed E-state index contributed by atoms with van der Waals surface area (Å²) in [7, 11) is 1.99. The maximum Gasteiger partial charge on any atom is 0.247 e. The monoisotopic (exact) mass is 308 g/mol. The van der Waals surface area contributed by atoms with E-state index in [1.807, 2.05) is 67.7 Å². The summed E-state index contributed by atoms with van der Waals surface area (Å²) in [6.07, 6.45) is 4.63. The van der Waals surface area contributed by atoms with E-state index in [1.54, 1.807) is 0 Å². The summed E-state index contributed by atoms with van der Waals surface area (Å²) in [5.74, 6) is 0.0921. The van der Waals surface area contributed by atoms with Crippen molar-refractivity contribution in [1.82, 2.24) is 5.32 Å². The van der Waals surface area contributed by atoms with Gasteiger partial charge in [0.25, 0.3) is 0 Å². The zero-order chi connectivity index (χ0) is 16.1. The van der Waals surface area contributed by atoms with Gasteiger partial charge in [-0.1, -0.05) is 61.4 Å². The Bertz CT molecular complexity index is 621. The lowest BCUT2D eigenvalue weighted by atomic mass is 10.0. The van der Waals surface area contributed by atoms with Crippen LogP contribution < -0.4 is 10.2 Å². The lowest BCUT2D eigenvalue weighted by Crippen LogP contribution is -2.42. The summed E-state index contributed by atoms with van der Waals surface area (Å²) in [5, 5.41) is 3.25. The molecule has 0 saturated heterocycles. The van der Waals surface area contributed by atoms with Crippen LogP contribution in [-0.2, 0) is 4.79 Å². The normalized spacial score (nSPS) is 16.0. The quantitative estimate of drug-likeness (QED) is 0.908. The van der Waals surface area contributed by atoms with Crippen molar-refractivity contribution in [3.05, 3.63) is 66.2 Å². The third-order valence-electron chi connectivity index (χ3n) is 4.62. The fourth-order valence-corrected chi connectivity index (χ4v) is 3.35. The summed E-state index contributed by atoms with van der Waals surface area (Å²) in [6.45, 7) is 0. The van der Waals surface area contributed by atoms with Crippen LogP contribution in [0.5, 0.6) is 0 Å². The molecule has 0 radical (unpaired) electrons. The molecule has 1 N–H and O–H groups in total. The molecule has 2 aromatic carbocycles. The van der Waals surface area contributed by atoms with Crippen molar-refractivity contribution in [3.63, 3.8) is 0 Å². The van der Waals surface area contributed by atoms with Crippen LogP contribution in [0, 0.1) is 0 Å². The van der Waals surface area contributed by atoms with E-state index in [0.717, 1.165) is 24.1 Å². The van der Waals surface area contributed by atoms with Crippen LogP contribution in [0.25, 0.3) is 0 Å². The number of carbonyl (C=O) groups excluding carboxylic acids is 1. The SMILES string of the molecule is CN(c1ccccc1)C(C(=O)NC1CCCC1)c1ccccc1. The third kappa shape index (κ3) is 3.73. The van der Waals surface area contributed by atoms with Gasteiger partial charge in [0.15, 0.2) is 0 Å². The van der Waals surface area contributed by atoms with Crippen LogP contribution in [0.4, 0.5) is 5.69 Å². The van der Waals surface area contributed by atoms with Gasteiger partial charge in [0.1, 0.15) is 6.04 Å². The Labute approximate surface area is 138 Å². The van der Waals surface area contributed by atoms with E-state index in [2.05, 4.69) is 10.2 Å². The first-order valence-electron chi connectivity index (χ1n) is 8.39. The highest BCUT2D eigenvalue weighted by Crippen LogP contribution is 2.27. The molecule has 2 aromatic rings. The van der Waals surface area contributed by atoms with E-state index < -0.39 is 0 Å². The molecule has 0 spiro atoms. The first-order valence-corrected chi connectivity index (χ1v) is 8.39. The maximum absolute atomic E-state index is 13.0. The molecule has 3 rings (SSSR count). The Hall–Kier alpha value is -2.29. The Kier molecular flexibility index (Phi) is 4.96. The van der Waals surface area contributed by atoms with E-state index in [0.29, 0.717) is 6.04 Å². The highest BCUT2D eigenvalue weighted by Gasteiger charge is 2.28. The van der Waals surface area contributed by atoms with Gasteiger partial charge in [0.2, 0.25) is 5.91 Å². The number of benzene rings is 2. The second kappa shape index (κ2) is 7.32. The Morgan fingerprint density at radius 1 is 1.00 bits per heavy atom. The smallest absolute Gasteiger partial charge is 0.247 e. The number of carbonyl (C=O) groups is 1. The number of hydrogen-bond acceptors (Lipinski definition) is 2. The van der Waals surface area contributed by atoms with Crippen molar-refractivity contribution in [2.75, 3.05) is 11.9 Å². The number of nitrogens with one attached hydrogen (secondary N) is 1. The number of rotatable bonds is 5. The number of anilines is 1. The molecule has 1 aliphatic rings. The van der Waals surface area contributed by atoms with E-state index in [-0.39, 0.29) is 11.9 Å². The standard InChI is InChI=1S/C20H24N2O/c1-22(18-14-6-3-7-15-18)19(16-10-4-2-5-11-16)20(23)21-17-12-8-9-13-17/h2-7,10-11,14-15,17,19H,8-9,12-13H2,1H3,(H,21,23). The maximum atomic E-state index is 13.0. The second-order valence-corrected chi connectivity index (χ2v) is 6.25. The number of para-hydroxylation sites is 1. The predicted molar refractivity (Wildman–Crippen MR) is 94.4 cm³/mol. The molecular formula is C20H24N2O. The van der Waals surface area contributed by atoms with Gasteiger partial charge in [-0.3, -0.25) is 4.79 Å². The van der Waals surface area contributed by atoms with Gasteiger partial charge in [-0.05, 0) is 30.5 Å². The van der Waals surface area contributed by atoms with E-state index in [4.69, 9.17) is 0 Å². The number of hydrogen-bond donors (Lipinski definition) is 1. The van der Waals surface area contributed by atoms with Gasteiger partial charge in [-0.15, -0.1) is 0 Å². The minimum absolute atomic E-state index is 0.0921. The Morgan fingerprint density at radius 2 is 1.57 bits per heavy atom. The van der Waals surface area contributed by atoms with Crippen molar-refractivity contribution >= 4 is 11.6 Å². The topological polar surface area (TPSA) is 32.3 Å². The van der Waals surface area contributed by atoms with Crippen LogP contribution in [0.1, 0.15) is 37.3 Å². The molecule has 1 unspecified atom stereocenters. The van der Waals surface area contributed by atoms with Gasteiger partial charge >= 0.3 is 0 Å². The minimum Gasteiger partial charge on any atom is -0.359 e. The van der Waals surface area contributed by atoms with Crippen molar-refractivity contribution in [3.8, 4) is 0 Å². The molecule has 3 heteroatoms. The molecule has 1 aliphatic carbocycles. The highest BCUT2D eigenvalue weighted by atomic mass is 16.2. The molecule has 1 fully saturated rings. The lowest BCUT2D eigenvalue weighted by molar-refractivity contribution is -0.123. The molecule has 1 saturated carbocycles. The summed E-state index contributed by atoms with van der Waals surface area (Å²) in [4.78, 5) is 15.0. The van der Waals surface area contributed by atoms with Gasteiger partial charge in [0, 0.05) is 18.8 Å². The molecule has 1 atom stereocenters. The fourth-order valence-electron chi connectivity index (χ4n) is 3.35. The Balaban J connectivity index is 1.85. The third-order valence-corrected chi connectivity index (χ3v) is 4.62. The van der Waals surface area contributed by atoms with E-state index in [1.165, 1.54) is 12.8 Å². The largest absolute Gasteiger partial charge is 0.359 e. The summed E-state index contributed by atoms with van der Waals surface area (Å²) >= 11 is 0. The predicted octanol–water partition coefficient (Wildman–Crippen LogP) is 3.92. The van der Waals surface area contributed by atoms with Gasteiger partial charge in [-0.25, -0.2) is 0 Å². The van der Waals surface area contributed by atoms with Crippen LogP contribution in [0.2, 0.25) is 0 Å². The van der Waals surface area contributed by atoms with Crippen LogP contribution in [-0.4, -0.2) is 19.0 Å². The lowest BCUT2D eigenvalue weighted by Gasteiger charge is -2.30. The van der Waals surface area contributed by atoms with Crippen molar-refractivity contribution in [1.29, 1.82) is 0 Å². The average Bonchev–Trinajstić information content (AvgIpc) is 3.10. The molecule has 0 bridgehead atoms. The number of amides is 1. The van der Waals surface area contributed by atoms with Crippen LogP contribution in [0.15, 0.2) is 60.7 Å². The molecule has 120 valence electrons. The van der Waals surface area contributed by atoms with E-state index >= 15 is 0 Å². The van der Waals surface area contributed by atoms with Crippen molar-refractivity contribution in [2.24, 2.45) is 0 Å². The van der Waals surface area contributed by atoms with Gasteiger partial charge < -0.3 is 10.2 Å². The molecule has 0 aromatic heterocycles. The summed E-state index contributed by atoms with van der Waals surface area (Å²) < 4.78 is 0. The summed E-state index contributed by atoms with van der Waals surface area (Å²) in [6, 6.07) is 20.1. The zero-order valence-corrected chi connectivity index (χ0v) is 13.6. The van der Waals surface area contributed by atoms with Crippen molar-refractivity contribution < 1.29 is 4.79 Å². The summed E-state index contributed by atoms with van der Waals surface area (Å²) in [5.41, 5.74) is 2.07. The zero-order valence-electron chi connectivity index (χ0n) is 13.6. The Morgan fingerprint density at radius 3 is 2.17 bits per heavy atom. The molecule has 23 heavy (non-hydrogen) atoms. The van der Waals surface area contributed by atoms with Gasteiger partial charge in [-0.2, -0.15) is 0 Å². The van der Waals surface area contributed by atoms with E-state index in [9.17, 15) is 4.79 Å². The highest BCUT2D eigenvalue weighted by molar-refractivity contribution is 5.86. The average molecular weight is 308 g/mol. The van der Waals surface area contributed by atoms with Crippen LogP contribution in [0.3, 0.4) is 0 Å². The fraction of sp³-hybridized carbons (Fsp3) is 0.350. The van der Waals surface area contributed by atoms with Gasteiger partial charge in [0.05, 0.1) is 0 Å². The molecule has 1 amide bonds. The number of nitrogens with zero attached hydrogens (tertiary/aromatic N) is 1. The van der Waals surface area contributed by atoms with Crippen molar-refractivity contribution in [2.45, 2.75) is 37.8 Å². The number of likely N-dealkylation sites (N-methyl/N-ethyl adjacent to an activating group) is 1. The minimum atomic E-state index is -0.306. The molecule has 3 nitrogen and oxygen atoms in total. The first-order chi connectivity index (χ1) is 11.3.